The van der Waals surface area contributed by atoms with E-state index in [0.29, 0.717) is 0 Å². The van der Waals surface area contributed by atoms with Crippen LogP contribution in [-0.4, -0.2) is 0 Å². The number of fused-ring (bicyclic) bond motifs is 4. The third kappa shape index (κ3) is 4.06. The van der Waals surface area contributed by atoms with Crippen LogP contribution in [0.25, 0.3) is 43.1 Å². The summed E-state index contributed by atoms with van der Waals surface area (Å²) in [6.07, 6.45) is 4.09. The molecule has 0 nitrogen and oxygen atoms in total. The SMILES string of the molecule is CCCC#Cc1ccc2cc3cc4cc5cc(C#CCCC)ccc5cc4cc3cc2c1. The maximum Gasteiger partial charge on any atom is 0.0251 e. The minimum Gasteiger partial charge on any atom is -0.0979 e. The molecule has 0 fully saturated rings. The number of benzene rings is 5. The number of rotatable bonds is 2. The molecule has 0 heteroatoms. The van der Waals surface area contributed by atoms with E-state index in [4.69, 9.17) is 0 Å². The van der Waals surface area contributed by atoms with Gasteiger partial charge >= 0.3 is 0 Å². The highest BCUT2D eigenvalue weighted by Gasteiger charge is 2.04. The molecule has 5 rings (SSSR count). The molecule has 0 amide bonds. The zero-order chi connectivity index (χ0) is 21.9. The molecule has 0 spiro atoms. The molecular weight excluding hydrogens is 384 g/mol. The Morgan fingerprint density at radius 3 is 1.16 bits per heavy atom. The molecular formula is C32H26. The van der Waals surface area contributed by atoms with Gasteiger partial charge in [-0.15, -0.1) is 0 Å². The van der Waals surface area contributed by atoms with Crippen molar-refractivity contribution in [1.29, 1.82) is 0 Å². The van der Waals surface area contributed by atoms with Gasteiger partial charge in [-0.2, -0.15) is 0 Å². The molecule has 0 aliphatic heterocycles. The molecule has 0 saturated heterocycles. The van der Waals surface area contributed by atoms with Crippen LogP contribution < -0.4 is 0 Å². The van der Waals surface area contributed by atoms with Gasteiger partial charge in [-0.05, 0) is 117 Å². The van der Waals surface area contributed by atoms with Crippen molar-refractivity contribution in [3.8, 4) is 23.7 Å². The lowest BCUT2D eigenvalue weighted by Crippen LogP contribution is -1.83. The normalized spacial score (nSPS) is 10.8. The first-order valence-electron chi connectivity index (χ1n) is 11.6. The largest absolute Gasteiger partial charge is 0.0979 e. The van der Waals surface area contributed by atoms with E-state index in [1.807, 2.05) is 0 Å². The average molecular weight is 411 g/mol. The second-order valence-electron chi connectivity index (χ2n) is 8.48. The minimum atomic E-state index is 0.947. The van der Waals surface area contributed by atoms with E-state index in [2.05, 4.69) is 110 Å². The lowest BCUT2D eigenvalue weighted by molar-refractivity contribution is 0.983. The quantitative estimate of drug-likeness (QED) is 0.202. The van der Waals surface area contributed by atoms with Gasteiger partial charge in [0.05, 0.1) is 0 Å². The fourth-order valence-corrected chi connectivity index (χ4v) is 4.24. The molecule has 0 aliphatic carbocycles. The van der Waals surface area contributed by atoms with Crippen LogP contribution in [0.15, 0.2) is 72.8 Å². The van der Waals surface area contributed by atoms with Crippen molar-refractivity contribution in [3.63, 3.8) is 0 Å². The van der Waals surface area contributed by atoms with Gasteiger partial charge in [0.15, 0.2) is 0 Å². The standard InChI is InChI=1S/C32H26/c1-3-5-7-9-23-11-13-25-17-29-22-32-20-28-16-24(10-8-6-4-2)12-14-26(28)18-30(32)21-31(29)19-27(25)15-23/h11-22H,3-6H2,1-2H3. The summed E-state index contributed by atoms with van der Waals surface area (Å²) in [5.41, 5.74) is 2.19. The lowest BCUT2D eigenvalue weighted by atomic mass is 9.96. The molecule has 0 N–H and O–H groups in total. The maximum absolute atomic E-state index is 3.30. The predicted octanol–water partition coefficient (Wildman–Crippen LogP) is 8.60. The van der Waals surface area contributed by atoms with Gasteiger partial charge in [-0.25, -0.2) is 0 Å². The number of unbranched alkanes of at least 4 members (excludes halogenated alkanes) is 2. The summed E-state index contributed by atoms with van der Waals surface area (Å²) in [4.78, 5) is 0. The van der Waals surface area contributed by atoms with Gasteiger partial charge < -0.3 is 0 Å². The Morgan fingerprint density at radius 1 is 0.438 bits per heavy atom. The van der Waals surface area contributed by atoms with Gasteiger partial charge in [0.2, 0.25) is 0 Å². The van der Waals surface area contributed by atoms with E-state index in [9.17, 15) is 0 Å². The summed E-state index contributed by atoms with van der Waals surface area (Å²) in [5, 5.41) is 10.1. The van der Waals surface area contributed by atoms with Gasteiger partial charge in [-0.1, -0.05) is 49.7 Å². The predicted molar refractivity (Wildman–Crippen MR) is 140 cm³/mol. The Bertz CT molecular complexity index is 1470. The molecule has 0 unspecified atom stereocenters. The van der Waals surface area contributed by atoms with Crippen molar-refractivity contribution in [2.24, 2.45) is 0 Å². The van der Waals surface area contributed by atoms with Crippen molar-refractivity contribution in [2.75, 3.05) is 0 Å². The molecule has 0 saturated carbocycles. The molecule has 0 aliphatic rings. The third-order valence-corrected chi connectivity index (χ3v) is 5.92. The van der Waals surface area contributed by atoms with Crippen LogP contribution in [0.5, 0.6) is 0 Å². The van der Waals surface area contributed by atoms with E-state index in [-0.39, 0.29) is 0 Å². The topological polar surface area (TPSA) is 0 Å². The summed E-state index contributed by atoms with van der Waals surface area (Å²) in [5.74, 6) is 13.1. The fourth-order valence-electron chi connectivity index (χ4n) is 4.24. The zero-order valence-corrected chi connectivity index (χ0v) is 18.8. The first-order chi connectivity index (χ1) is 15.7. The van der Waals surface area contributed by atoms with E-state index in [1.54, 1.807) is 0 Å². The molecule has 0 bridgehead atoms. The number of hydrogen-bond donors (Lipinski definition) is 0. The smallest absolute Gasteiger partial charge is 0.0251 e. The van der Waals surface area contributed by atoms with Crippen molar-refractivity contribution < 1.29 is 0 Å². The summed E-state index contributed by atoms with van der Waals surface area (Å²) >= 11 is 0. The fraction of sp³-hybridized carbons (Fsp3) is 0.188. The molecule has 5 aromatic carbocycles. The summed E-state index contributed by atoms with van der Waals surface area (Å²) < 4.78 is 0. The summed E-state index contributed by atoms with van der Waals surface area (Å²) in [6.45, 7) is 4.32. The van der Waals surface area contributed by atoms with Crippen LogP contribution in [0.2, 0.25) is 0 Å². The highest BCUT2D eigenvalue weighted by Crippen LogP contribution is 2.30. The van der Waals surface area contributed by atoms with E-state index in [0.717, 1.165) is 36.8 Å². The molecule has 0 atom stereocenters. The second-order valence-corrected chi connectivity index (χ2v) is 8.48. The zero-order valence-electron chi connectivity index (χ0n) is 18.8. The molecule has 32 heavy (non-hydrogen) atoms. The van der Waals surface area contributed by atoms with Gasteiger partial charge in [0.25, 0.3) is 0 Å². The first-order valence-corrected chi connectivity index (χ1v) is 11.6. The van der Waals surface area contributed by atoms with Crippen molar-refractivity contribution in [1.82, 2.24) is 0 Å². The first kappa shape index (κ1) is 20.2. The maximum atomic E-state index is 3.30. The minimum absolute atomic E-state index is 0.947. The van der Waals surface area contributed by atoms with E-state index < -0.39 is 0 Å². The Kier molecular flexibility index (Phi) is 5.54. The Balaban J connectivity index is 1.62. The van der Waals surface area contributed by atoms with Crippen molar-refractivity contribution in [2.45, 2.75) is 39.5 Å². The molecule has 0 radical (unpaired) electrons. The Labute approximate surface area is 190 Å². The second kappa shape index (κ2) is 8.78. The molecule has 5 aromatic rings. The van der Waals surface area contributed by atoms with Crippen LogP contribution in [-0.2, 0) is 0 Å². The monoisotopic (exact) mass is 410 g/mol. The highest BCUT2D eigenvalue weighted by molar-refractivity contribution is 6.08. The molecule has 0 heterocycles. The van der Waals surface area contributed by atoms with Crippen molar-refractivity contribution >= 4 is 43.1 Å². The number of hydrogen-bond acceptors (Lipinski definition) is 0. The van der Waals surface area contributed by atoms with Crippen molar-refractivity contribution in [3.05, 3.63) is 83.9 Å². The molecule has 0 aromatic heterocycles. The molecule has 154 valence electrons. The van der Waals surface area contributed by atoms with Crippen LogP contribution >= 0.6 is 0 Å². The van der Waals surface area contributed by atoms with Crippen LogP contribution in [0.1, 0.15) is 50.7 Å². The highest BCUT2D eigenvalue weighted by atomic mass is 14.1. The van der Waals surface area contributed by atoms with E-state index >= 15 is 0 Å². The van der Waals surface area contributed by atoms with Crippen LogP contribution in [0.3, 0.4) is 0 Å². The van der Waals surface area contributed by atoms with Gasteiger partial charge in [-0.3, -0.25) is 0 Å². The van der Waals surface area contributed by atoms with Gasteiger partial charge in [0.1, 0.15) is 0 Å². The Morgan fingerprint density at radius 2 is 0.781 bits per heavy atom. The lowest BCUT2D eigenvalue weighted by Gasteiger charge is -2.08. The van der Waals surface area contributed by atoms with E-state index in [1.165, 1.54) is 43.1 Å². The van der Waals surface area contributed by atoms with Gasteiger partial charge in [0, 0.05) is 24.0 Å². The van der Waals surface area contributed by atoms with Crippen LogP contribution in [0, 0.1) is 23.7 Å². The summed E-state index contributed by atoms with van der Waals surface area (Å²) in [7, 11) is 0. The third-order valence-electron chi connectivity index (χ3n) is 5.92. The Hall–Kier alpha value is -3.74. The average Bonchev–Trinajstić information content (AvgIpc) is 2.80. The van der Waals surface area contributed by atoms with Crippen LogP contribution in [0.4, 0.5) is 0 Å². The summed E-state index contributed by atoms with van der Waals surface area (Å²) in [6, 6.07) is 26.9.